The van der Waals surface area contributed by atoms with Crippen molar-refractivity contribution in [3.05, 3.63) is 24.3 Å². The summed E-state index contributed by atoms with van der Waals surface area (Å²) in [6.07, 6.45) is 2.56. The van der Waals surface area contributed by atoms with Gasteiger partial charge in [0.2, 0.25) is 5.16 Å². The lowest BCUT2D eigenvalue weighted by atomic mass is 10.3. The molecule has 0 N–H and O–H groups in total. The van der Waals surface area contributed by atoms with Gasteiger partial charge < -0.3 is 9.47 Å². The van der Waals surface area contributed by atoms with Crippen LogP contribution in [0, 0.1) is 0 Å². The molecular formula is C13H16N4O2S. The summed E-state index contributed by atoms with van der Waals surface area (Å²) in [4.78, 5) is 0. The van der Waals surface area contributed by atoms with Crippen LogP contribution in [0.5, 0.6) is 5.75 Å². The molecule has 3 rings (SSSR count). The number of para-hydroxylation sites is 2. The van der Waals surface area contributed by atoms with Gasteiger partial charge in [0, 0.05) is 12.4 Å². The number of benzene rings is 1. The third-order valence-corrected chi connectivity index (χ3v) is 4.23. The number of methoxy groups -OCH3 is 1. The molecule has 1 atom stereocenters. The topological polar surface area (TPSA) is 62.1 Å². The minimum absolute atomic E-state index is 0.308. The lowest BCUT2D eigenvalue weighted by molar-refractivity contribution is 0.129. The van der Waals surface area contributed by atoms with Gasteiger partial charge in [-0.2, -0.15) is 4.68 Å². The zero-order valence-corrected chi connectivity index (χ0v) is 12.0. The lowest BCUT2D eigenvalue weighted by Crippen LogP contribution is -2.09. The number of aromatic nitrogens is 4. The predicted octanol–water partition coefficient (Wildman–Crippen LogP) is 1.94. The first-order valence-electron chi connectivity index (χ1n) is 6.54. The van der Waals surface area contributed by atoms with E-state index < -0.39 is 0 Å². The SMILES string of the molecule is COc1ccccc1-n1nnnc1SC[C@H]1CCCO1. The first kappa shape index (κ1) is 13.4. The van der Waals surface area contributed by atoms with Crippen LogP contribution < -0.4 is 4.74 Å². The first-order valence-corrected chi connectivity index (χ1v) is 7.53. The molecule has 1 aliphatic heterocycles. The summed E-state index contributed by atoms with van der Waals surface area (Å²) in [5.74, 6) is 1.62. The summed E-state index contributed by atoms with van der Waals surface area (Å²) in [6, 6.07) is 7.69. The van der Waals surface area contributed by atoms with E-state index in [0.29, 0.717) is 6.10 Å². The van der Waals surface area contributed by atoms with Gasteiger partial charge in [-0.25, -0.2) is 0 Å². The van der Waals surface area contributed by atoms with Crippen LogP contribution in [-0.4, -0.2) is 45.8 Å². The Balaban J connectivity index is 1.78. The van der Waals surface area contributed by atoms with E-state index in [4.69, 9.17) is 9.47 Å². The number of hydrogen-bond donors (Lipinski definition) is 0. The Hall–Kier alpha value is -1.60. The Morgan fingerprint density at radius 2 is 2.35 bits per heavy atom. The molecule has 0 aliphatic carbocycles. The normalized spacial score (nSPS) is 18.4. The van der Waals surface area contributed by atoms with E-state index in [9.17, 15) is 0 Å². The summed E-state index contributed by atoms with van der Waals surface area (Å²) in [5.41, 5.74) is 0.842. The number of thioether (sulfide) groups is 1. The molecule has 2 aromatic rings. The van der Waals surface area contributed by atoms with Crippen molar-refractivity contribution in [2.24, 2.45) is 0 Å². The number of nitrogens with zero attached hydrogens (tertiary/aromatic N) is 4. The monoisotopic (exact) mass is 292 g/mol. The van der Waals surface area contributed by atoms with Gasteiger partial charge in [-0.15, -0.1) is 5.10 Å². The zero-order valence-electron chi connectivity index (χ0n) is 11.2. The van der Waals surface area contributed by atoms with Crippen LogP contribution in [0.3, 0.4) is 0 Å². The second kappa shape index (κ2) is 6.23. The molecule has 0 spiro atoms. The maximum absolute atomic E-state index is 5.62. The molecule has 1 fully saturated rings. The van der Waals surface area contributed by atoms with Crippen LogP contribution in [0.2, 0.25) is 0 Å². The van der Waals surface area contributed by atoms with E-state index in [1.54, 1.807) is 23.6 Å². The fraction of sp³-hybridized carbons (Fsp3) is 0.462. The average Bonchev–Trinajstić information content (AvgIpc) is 3.16. The number of ether oxygens (including phenoxy) is 2. The molecule has 0 amide bonds. The van der Waals surface area contributed by atoms with Crippen LogP contribution in [0.4, 0.5) is 0 Å². The summed E-state index contributed by atoms with van der Waals surface area (Å²) >= 11 is 1.61. The first-order chi connectivity index (χ1) is 9.88. The average molecular weight is 292 g/mol. The van der Waals surface area contributed by atoms with Gasteiger partial charge in [0.1, 0.15) is 11.4 Å². The van der Waals surface area contributed by atoms with Gasteiger partial charge in [-0.3, -0.25) is 0 Å². The Morgan fingerprint density at radius 3 is 3.15 bits per heavy atom. The standard InChI is InChI=1S/C13H16N4O2S/c1-18-12-7-3-2-6-11(12)17-13(14-15-16-17)20-9-10-5-4-8-19-10/h2-3,6-7,10H,4-5,8-9H2,1H3/t10-/m1/s1. The van der Waals surface area contributed by atoms with Gasteiger partial charge in [0.25, 0.3) is 0 Å². The van der Waals surface area contributed by atoms with Gasteiger partial charge in [0.05, 0.1) is 13.2 Å². The maximum Gasteiger partial charge on any atom is 0.214 e. The zero-order chi connectivity index (χ0) is 13.8. The van der Waals surface area contributed by atoms with Crippen LogP contribution in [-0.2, 0) is 4.74 Å². The second-order valence-electron chi connectivity index (χ2n) is 4.49. The third-order valence-electron chi connectivity index (χ3n) is 3.18. The molecule has 1 aromatic heterocycles. The van der Waals surface area contributed by atoms with Crippen molar-refractivity contribution in [1.82, 2.24) is 20.2 Å². The van der Waals surface area contributed by atoms with E-state index in [2.05, 4.69) is 15.5 Å². The quantitative estimate of drug-likeness (QED) is 0.785. The second-order valence-corrected chi connectivity index (χ2v) is 5.48. The van der Waals surface area contributed by atoms with E-state index in [0.717, 1.165) is 41.8 Å². The van der Waals surface area contributed by atoms with Crippen molar-refractivity contribution in [3.8, 4) is 11.4 Å². The highest BCUT2D eigenvalue weighted by molar-refractivity contribution is 7.99. The lowest BCUT2D eigenvalue weighted by Gasteiger charge is -2.10. The van der Waals surface area contributed by atoms with Crippen molar-refractivity contribution in [1.29, 1.82) is 0 Å². The predicted molar refractivity (Wildman–Crippen MR) is 75.4 cm³/mol. The Kier molecular flexibility index (Phi) is 4.17. The molecule has 0 bridgehead atoms. The minimum Gasteiger partial charge on any atom is -0.494 e. The molecule has 0 radical (unpaired) electrons. The molecule has 7 heteroatoms. The van der Waals surface area contributed by atoms with Crippen LogP contribution in [0.25, 0.3) is 5.69 Å². The van der Waals surface area contributed by atoms with Gasteiger partial charge >= 0.3 is 0 Å². The fourth-order valence-electron chi connectivity index (χ4n) is 2.17. The Bertz CT molecular complexity index is 569. The smallest absolute Gasteiger partial charge is 0.214 e. The third kappa shape index (κ3) is 2.78. The number of tetrazole rings is 1. The van der Waals surface area contributed by atoms with E-state index in [1.165, 1.54) is 0 Å². The molecule has 106 valence electrons. The van der Waals surface area contributed by atoms with Crippen molar-refractivity contribution < 1.29 is 9.47 Å². The van der Waals surface area contributed by atoms with E-state index in [-0.39, 0.29) is 0 Å². The van der Waals surface area contributed by atoms with Gasteiger partial charge in [-0.1, -0.05) is 23.9 Å². The van der Waals surface area contributed by atoms with Crippen molar-refractivity contribution in [2.45, 2.75) is 24.1 Å². The summed E-state index contributed by atoms with van der Waals surface area (Å²) in [6.45, 7) is 0.864. The molecule has 6 nitrogen and oxygen atoms in total. The van der Waals surface area contributed by atoms with Crippen LogP contribution >= 0.6 is 11.8 Å². The maximum atomic E-state index is 5.62. The molecule has 0 unspecified atom stereocenters. The highest BCUT2D eigenvalue weighted by Crippen LogP contribution is 2.27. The molecule has 1 saturated heterocycles. The van der Waals surface area contributed by atoms with Gasteiger partial charge in [-0.05, 0) is 35.4 Å². The van der Waals surface area contributed by atoms with E-state index >= 15 is 0 Å². The fourth-order valence-corrected chi connectivity index (χ4v) is 3.12. The molecule has 1 aliphatic rings. The summed E-state index contributed by atoms with van der Waals surface area (Å²) < 4.78 is 12.7. The van der Waals surface area contributed by atoms with Gasteiger partial charge in [0.15, 0.2) is 0 Å². The highest BCUT2D eigenvalue weighted by atomic mass is 32.2. The minimum atomic E-state index is 0.308. The molecule has 2 heterocycles. The summed E-state index contributed by atoms with van der Waals surface area (Å²) in [5, 5.41) is 12.7. The number of rotatable bonds is 5. The van der Waals surface area contributed by atoms with Crippen LogP contribution in [0.15, 0.2) is 29.4 Å². The van der Waals surface area contributed by atoms with Crippen molar-refractivity contribution >= 4 is 11.8 Å². The highest BCUT2D eigenvalue weighted by Gasteiger charge is 2.19. The molecule has 0 saturated carbocycles. The van der Waals surface area contributed by atoms with Crippen LogP contribution in [0.1, 0.15) is 12.8 Å². The molecule has 20 heavy (non-hydrogen) atoms. The summed E-state index contributed by atoms with van der Waals surface area (Å²) in [7, 11) is 1.64. The molecular weight excluding hydrogens is 276 g/mol. The Morgan fingerprint density at radius 1 is 1.45 bits per heavy atom. The molecule has 1 aromatic carbocycles. The van der Waals surface area contributed by atoms with Crippen molar-refractivity contribution in [2.75, 3.05) is 19.5 Å². The Labute approximate surface area is 121 Å². The van der Waals surface area contributed by atoms with Crippen molar-refractivity contribution in [3.63, 3.8) is 0 Å². The number of hydrogen-bond acceptors (Lipinski definition) is 6. The van der Waals surface area contributed by atoms with E-state index in [1.807, 2.05) is 24.3 Å². The largest absolute Gasteiger partial charge is 0.494 e.